The molecular weight excluding hydrogens is 256 g/mol. The Balaban J connectivity index is 4.15. The largest absolute Gasteiger partial charge is 0.444 e. The van der Waals surface area contributed by atoms with E-state index in [1.165, 1.54) is 0 Å². The van der Waals surface area contributed by atoms with Crippen LogP contribution in [0.5, 0.6) is 0 Å². The number of carbonyl (C=O) groups excluding carboxylic acids is 1. The maximum atomic E-state index is 11.9. The highest BCUT2D eigenvalue weighted by atomic mass is 16.6. The number of ether oxygens (including phenoxy) is 1. The molecule has 0 radical (unpaired) electrons. The van der Waals surface area contributed by atoms with Crippen molar-refractivity contribution < 1.29 is 9.53 Å². The molecule has 118 valence electrons. The van der Waals surface area contributed by atoms with Crippen molar-refractivity contribution in [2.75, 3.05) is 33.2 Å². The van der Waals surface area contributed by atoms with E-state index in [1.54, 1.807) is 11.9 Å². The van der Waals surface area contributed by atoms with Crippen LogP contribution in [0.4, 0.5) is 4.79 Å². The number of likely N-dealkylation sites (N-methyl/N-ethyl adjacent to an activating group) is 1. The molecule has 0 saturated carbocycles. The molecule has 0 aliphatic heterocycles. The van der Waals surface area contributed by atoms with Gasteiger partial charge in [0.2, 0.25) is 0 Å². The van der Waals surface area contributed by atoms with E-state index in [2.05, 4.69) is 22.5 Å². The van der Waals surface area contributed by atoms with Crippen molar-refractivity contribution in [2.45, 2.75) is 46.6 Å². The fourth-order valence-corrected chi connectivity index (χ4v) is 1.48. The van der Waals surface area contributed by atoms with E-state index < -0.39 is 5.60 Å². The molecule has 6 nitrogen and oxygen atoms in total. The molecule has 0 heterocycles. The summed E-state index contributed by atoms with van der Waals surface area (Å²) < 4.78 is 5.35. The molecule has 0 fully saturated rings. The van der Waals surface area contributed by atoms with Gasteiger partial charge in [-0.1, -0.05) is 6.92 Å². The number of aliphatic imine (C=N–C) groups is 1. The molecular formula is C14H30N4O2. The highest BCUT2D eigenvalue weighted by Crippen LogP contribution is 2.09. The van der Waals surface area contributed by atoms with E-state index in [9.17, 15) is 4.79 Å². The van der Waals surface area contributed by atoms with Crippen molar-refractivity contribution in [3.8, 4) is 0 Å². The van der Waals surface area contributed by atoms with E-state index in [0.717, 1.165) is 18.9 Å². The molecule has 0 aromatic heterocycles. The molecule has 0 atom stereocenters. The fraction of sp³-hybridized carbons (Fsp3) is 0.857. The summed E-state index contributed by atoms with van der Waals surface area (Å²) in [6, 6.07) is 0. The van der Waals surface area contributed by atoms with Gasteiger partial charge in [-0.15, -0.1) is 0 Å². The zero-order chi connectivity index (χ0) is 15.6. The molecule has 1 amide bonds. The van der Waals surface area contributed by atoms with Gasteiger partial charge < -0.3 is 20.3 Å². The molecule has 0 spiro atoms. The molecule has 0 aromatic rings. The lowest BCUT2D eigenvalue weighted by Gasteiger charge is -2.26. The van der Waals surface area contributed by atoms with Crippen LogP contribution in [-0.2, 0) is 4.74 Å². The minimum absolute atomic E-state index is 0.279. The standard InChI is InChI=1S/C14H30N4O2/c1-7-9-16-12(15-6)17-10-11-18(8-2)13(19)20-14(3,4)5/h7-11H2,1-6H3,(H2,15,16,17). The maximum Gasteiger partial charge on any atom is 0.410 e. The second kappa shape index (κ2) is 9.44. The van der Waals surface area contributed by atoms with Crippen molar-refractivity contribution in [3.05, 3.63) is 0 Å². The third-order valence-electron chi connectivity index (χ3n) is 2.47. The average Bonchev–Trinajstić information content (AvgIpc) is 2.36. The van der Waals surface area contributed by atoms with Gasteiger partial charge in [0, 0.05) is 33.2 Å². The van der Waals surface area contributed by atoms with Crippen molar-refractivity contribution in [1.29, 1.82) is 0 Å². The second-order valence-corrected chi connectivity index (χ2v) is 5.49. The van der Waals surface area contributed by atoms with Gasteiger partial charge in [-0.05, 0) is 34.1 Å². The second-order valence-electron chi connectivity index (χ2n) is 5.49. The van der Waals surface area contributed by atoms with Gasteiger partial charge >= 0.3 is 6.09 Å². The van der Waals surface area contributed by atoms with Gasteiger partial charge in [0.25, 0.3) is 0 Å². The minimum atomic E-state index is -0.462. The van der Waals surface area contributed by atoms with E-state index >= 15 is 0 Å². The highest BCUT2D eigenvalue weighted by molar-refractivity contribution is 5.79. The van der Waals surface area contributed by atoms with Crippen LogP contribution in [0.2, 0.25) is 0 Å². The molecule has 20 heavy (non-hydrogen) atoms. The van der Waals surface area contributed by atoms with Gasteiger partial charge in [-0.25, -0.2) is 4.79 Å². The van der Waals surface area contributed by atoms with E-state index in [1.807, 2.05) is 27.7 Å². The first-order valence-electron chi connectivity index (χ1n) is 7.26. The summed E-state index contributed by atoms with van der Waals surface area (Å²) in [5.74, 6) is 0.757. The molecule has 0 unspecified atom stereocenters. The molecule has 0 aromatic carbocycles. The number of nitrogens with zero attached hydrogens (tertiary/aromatic N) is 2. The monoisotopic (exact) mass is 286 g/mol. The SMILES string of the molecule is CCCNC(=NC)NCCN(CC)C(=O)OC(C)(C)C. The van der Waals surface area contributed by atoms with Crippen molar-refractivity contribution in [2.24, 2.45) is 4.99 Å². The molecule has 0 aliphatic carbocycles. The predicted molar refractivity (Wildman–Crippen MR) is 83.1 cm³/mol. The van der Waals surface area contributed by atoms with E-state index in [0.29, 0.717) is 19.6 Å². The first-order chi connectivity index (χ1) is 9.34. The Labute approximate surface area is 123 Å². The molecule has 0 aliphatic rings. The Morgan fingerprint density at radius 2 is 1.80 bits per heavy atom. The molecule has 2 N–H and O–H groups in total. The van der Waals surface area contributed by atoms with Crippen molar-refractivity contribution in [1.82, 2.24) is 15.5 Å². The van der Waals surface area contributed by atoms with Gasteiger partial charge in [-0.2, -0.15) is 0 Å². The minimum Gasteiger partial charge on any atom is -0.444 e. The summed E-state index contributed by atoms with van der Waals surface area (Å²) in [5.41, 5.74) is -0.462. The average molecular weight is 286 g/mol. The smallest absolute Gasteiger partial charge is 0.410 e. The Kier molecular flexibility index (Phi) is 8.76. The quantitative estimate of drug-likeness (QED) is 0.577. The summed E-state index contributed by atoms with van der Waals surface area (Å²) >= 11 is 0. The third-order valence-corrected chi connectivity index (χ3v) is 2.47. The fourth-order valence-electron chi connectivity index (χ4n) is 1.48. The molecule has 6 heteroatoms. The summed E-state index contributed by atoms with van der Waals surface area (Å²) in [6.45, 7) is 12.4. The summed E-state index contributed by atoms with van der Waals surface area (Å²) in [5, 5.41) is 6.36. The van der Waals surface area contributed by atoms with Crippen molar-refractivity contribution >= 4 is 12.1 Å². The van der Waals surface area contributed by atoms with Gasteiger partial charge in [0.15, 0.2) is 5.96 Å². The number of nitrogens with one attached hydrogen (secondary N) is 2. The Hall–Kier alpha value is -1.46. The first-order valence-corrected chi connectivity index (χ1v) is 7.26. The Morgan fingerprint density at radius 3 is 2.25 bits per heavy atom. The van der Waals surface area contributed by atoms with Crippen LogP contribution in [0.15, 0.2) is 4.99 Å². The normalized spacial score (nSPS) is 12.0. The maximum absolute atomic E-state index is 11.9. The summed E-state index contributed by atoms with van der Waals surface area (Å²) in [4.78, 5) is 17.7. The molecule has 0 bridgehead atoms. The lowest BCUT2D eigenvalue weighted by atomic mass is 10.2. The van der Waals surface area contributed by atoms with Crippen LogP contribution < -0.4 is 10.6 Å². The van der Waals surface area contributed by atoms with Crippen LogP contribution in [-0.4, -0.2) is 55.8 Å². The predicted octanol–water partition coefficient (Wildman–Crippen LogP) is 1.82. The number of hydrogen-bond acceptors (Lipinski definition) is 3. The number of carbonyl (C=O) groups is 1. The van der Waals surface area contributed by atoms with Crippen molar-refractivity contribution in [3.63, 3.8) is 0 Å². The molecule has 0 saturated heterocycles. The van der Waals surface area contributed by atoms with Gasteiger partial charge in [-0.3, -0.25) is 4.99 Å². The topological polar surface area (TPSA) is 66.0 Å². The first kappa shape index (κ1) is 18.5. The number of rotatable bonds is 6. The number of amides is 1. The van der Waals surface area contributed by atoms with Crippen LogP contribution in [0.1, 0.15) is 41.0 Å². The lowest BCUT2D eigenvalue weighted by Crippen LogP contribution is -2.44. The van der Waals surface area contributed by atoms with Gasteiger partial charge in [0.1, 0.15) is 5.60 Å². The Morgan fingerprint density at radius 1 is 1.20 bits per heavy atom. The van der Waals surface area contributed by atoms with Crippen LogP contribution >= 0.6 is 0 Å². The third kappa shape index (κ3) is 8.61. The zero-order valence-corrected chi connectivity index (χ0v) is 13.7. The van der Waals surface area contributed by atoms with E-state index in [-0.39, 0.29) is 6.09 Å². The van der Waals surface area contributed by atoms with Crippen LogP contribution in [0, 0.1) is 0 Å². The van der Waals surface area contributed by atoms with Crippen LogP contribution in [0.25, 0.3) is 0 Å². The zero-order valence-electron chi connectivity index (χ0n) is 13.7. The Bertz CT molecular complexity index is 311. The molecule has 0 rings (SSSR count). The summed E-state index contributed by atoms with van der Waals surface area (Å²) in [6.07, 6.45) is 0.762. The number of hydrogen-bond donors (Lipinski definition) is 2. The van der Waals surface area contributed by atoms with E-state index in [4.69, 9.17) is 4.74 Å². The highest BCUT2D eigenvalue weighted by Gasteiger charge is 2.20. The summed E-state index contributed by atoms with van der Waals surface area (Å²) in [7, 11) is 1.73. The van der Waals surface area contributed by atoms with Crippen LogP contribution in [0.3, 0.4) is 0 Å². The lowest BCUT2D eigenvalue weighted by molar-refractivity contribution is 0.0264. The number of guanidine groups is 1. The van der Waals surface area contributed by atoms with Gasteiger partial charge in [0.05, 0.1) is 0 Å².